The van der Waals surface area contributed by atoms with E-state index in [0.717, 1.165) is 12.8 Å². The highest BCUT2D eigenvalue weighted by Gasteiger charge is 2.30. The van der Waals surface area contributed by atoms with Crippen LogP contribution >= 0.6 is 0 Å². The second-order valence-corrected chi connectivity index (χ2v) is 10.4. The zero-order chi connectivity index (χ0) is 28.9. The SMILES string of the molecule is BC(B)(B)NC(=O)c1nnc(NC(=O)C2CC2)cc1Nc1cccc(-c2ccn(CCNC(=O)CO)n2)c1OC. The van der Waals surface area contributed by atoms with Crippen molar-refractivity contribution in [3.8, 4) is 17.0 Å². The van der Waals surface area contributed by atoms with E-state index in [4.69, 9.17) is 9.84 Å². The van der Waals surface area contributed by atoms with E-state index in [1.807, 2.05) is 41.7 Å². The van der Waals surface area contributed by atoms with Crippen LogP contribution in [0.3, 0.4) is 0 Å². The van der Waals surface area contributed by atoms with Crippen LogP contribution in [0.4, 0.5) is 17.2 Å². The highest BCUT2D eigenvalue weighted by atomic mass is 16.5. The summed E-state index contributed by atoms with van der Waals surface area (Å²) in [7, 11) is 7.12. The predicted molar refractivity (Wildman–Crippen MR) is 157 cm³/mol. The third kappa shape index (κ3) is 7.41. The fourth-order valence-electron chi connectivity index (χ4n) is 3.89. The summed E-state index contributed by atoms with van der Waals surface area (Å²) in [5.41, 5.74) is 2.26. The summed E-state index contributed by atoms with van der Waals surface area (Å²) in [6, 6.07) is 8.85. The molecule has 0 atom stereocenters. The smallest absolute Gasteiger partial charge is 0.272 e. The number of aliphatic hydroxyl groups excluding tert-OH is 1. The Hall–Kier alpha value is -4.33. The van der Waals surface area contributed by atoms with Crippen LogP contribution in [0.25, 0.3) is 11.3 Å². The summed E-state index contributed by atoms with van der Waals surface area (Å²) in [5.74, 6) is -0.324. The molecule has 0 unspecified atom stereocenters. The van der Waals surface area contributed by atoms with E-state index in [1.54, 1.807) is 23.0 Å². The number of hydrogen-bond acceptors (Lipinski definition) is 9. The minimum atomic E-state index is -0.567. The first kappa shape index (κ1) is 28.7. The van der Waals surface area contributed by atoms with Crippen molar-refractivity contribution in [3.63, 3.8) is 0 Å². The third-order valence-corrected chi connectivity index (χ3v) is 5.91. The number of hydrogen-bond donors (Lipinski definition) is 5. The van der Waals surface area contributed by atoms with Crippen molar-refractivity contribution in [2.75, 3.05) is 30.9 Å². The molecule has 40 heavy (non-hydrogen) atoms. The van der Waals surface area contributed by atoms with Crippen molar-refractivity contribution in [1.82, 2.24) is 30.6 Å². The Morgan fingerprint density at radius 2 is 1.93 bits per heavy atom. The van der Waals surface area contributed by atoms with Crippen molar-refractivity contribution in [3.05, 3.63) is 42.2 Å². The first-order valence-electron chi connectivity index (χ1n) is 12.9. The van der Waals surface area contributed by atoms with Gasteiger partial charge in [0.05, 0.1) is 30.7 Å². The standard InChI is InChI=1S/C24H31B3N8O5/c1-40-21-14(15-7-9-35(34-15)10-8-28-19(37)12-36)3-2-4-16(21)29-17-11-18(30-22(38)13-5-6-13)32-33-20(17)23(39)31-24(25,26)27/h2-4,7,9,11,13,36H,5-6,8,10,12,25-27H2,1H3,(H,28,37)(H,31,39)(H2,29,30,32,38). The molecule has 1 fully saturated rings. The molecule has 1 aliphatic rings. The number of aliphatic hydroxyl groups is 1. The summed E-state index contributed by atoms with van der Waals surface area (Å²) < 4.78 is 7.42. The maximum absolute atomic E-state index is 13.1. The van der Waals surface area contributed by atoms with Gasteiger partial charge in [-0.15, -0.1) is 10.2 Å². The molecule has 0 spiro atoms. The van der Waals surface area contributed by atoms with Gasteiger partial charge in [0, 0.05) is 30.3 Å². The molecule has 206 valence electrons. The van der Waals surface area contributed by atoms with Crippen LogP contribution in [0, 0.1) is 5.92 Å². The van der Waals surface area contributed by atoms with Crippen molar-refractivity contribution >= 4 is 58.5 Å². The molecule has 2 aromatic heterocycles. The van der Waals surface area contributed by atoms with Crippen LogP contribution < -0.4 is 26.0 Å². The molecule has 3 aromatic rings. The largest absolute Gasteiger partial charge is 0.494 e. The van der Waals surface area contributed by atoms with Gasteiger partial charge in [0.25, 0.3) is 5.91 Å². The average molecular weight is 544 g/mol. The number of methoxy groups -OCH3 is 1. The summed E-state index contributed by atoms with van der Waals surface area (Å²) in [5, 5.41) is 32.6. The Balaban J connectivity index is 1.63. The van der Waals surface area contributed by atoms with Crippen molar-refractivity contribution in [1.29, 1.82) is 0 Å². The van der Waals surface area contributed by atoms with Gasteiger partial charge in [-0.05, 0) is 36.3 Å². The van der Waals surface area contributed by atoms with E-state index < -0.39 is 23.7 Å². The summed E-state index contributed by atoms with van der Waals surface area (Å²) in [6.45, 7) is 0.159. The Morgan fingerprint density at radius 1 is 1.15 bits per heavy atom. The number of nitrogens with zero attached hydrogens (tertiary/aromatic N) is 4. The molecule has 16 heteroatoms. The highest BCUT2D eigenvalue weighted by molar-refractivity contribution is 6.60. The van der Waals surface area contributed by atoms with E-state index in [1.165, 1.54) is 7.11 Å². The molecule has 0 bridgehead atoms. The molecule has 0 aliphatic heterocycles. The van der Waals surface area contributed by atoms with Gasteiger partial charge in [0.1, 0.15) is 30.1 Å². The molecule has 4 rings (SSSR count). The molecule has 0 radical (unpaired) electrons. The first-order valence-corrected chi connectivity index (χ1v) is 12.9. The number of aromatic nitrogens is 4. The van der Waals surface area contributed by atoms with Crippen LogP contribution in [-0.2, 0) is 16.1 Å². The molecule has 0 saturated heterocycles. The fourth-order valence-corrected chi connectivity index (χ4v) is 3.89. The molecule has 5 N–H and O–H groups in total. The number of benzene rings is 1. The maximum Gasteiger partial charge on any atom is 0.272 e. The average Bonchev–Trinajstić information content (AvgIpc) is 3.66. The normalized spacial score (nSPS) is 12.8. The lowest BCUT2D eigenvalue weighted by Crippen LogP contribution is -2.50. The number of anilines is 3. The Labute approximate surface area is 234 Å². The lowest BCUT2D eigenvalue weighted by Gasteiger charge is -2.22. The zero-order valence-electron chi connectivity index (χ0n) is 22.9. The lowest BCUT2D eigenvalue weighted by atomic mass is 9.49. The van der Waals surface area contributed by atoms with E-state index in [2.05, 4.69) is 36.6 Å². The third-order valence-electron chi connectivity index (χ3n) is 5.91. The molecule has 2 heterocycles. The quantitative estimate of drug-likeness (QED) is 0.159. The van der Waals surface area contributed by atoms with E-state index >= 15 is 0 Å². The number of nitrogens with one attached hydrogen (secondary N) is 4. The molecular formula is C24H31B3N8O5. The van der Waals surface area contributed by atoms with E-state index in [9.17, 15) is 14.4 Å². The van der Waals surface area contributed by atoms with Gasteiger partial charge in [-0.3, -0.25) is 19.1 Å². The number of rotatable bonds is 12. The Bertz CT molecular complexity index is 1410. The van der Waals surface area contributed by atoms with Gasteiger partial charge in [-0.2, -0.15) is 5.10 Å². The number of carbonyl (C=O) groups excluding carboxylic acids is 3. The summed E-state index contributed by atoms with van der Waals surface area (Å²) in [4.78, 5) is 36.7. The summed E-state index contributed by atoms with van der Waals surface area (Å²) in [6.07, 6.45) is 3.46. The van der Waals surface area contributed by atoms with Crippen molar-refractivity contribution in [2.24, 2.45) is 5.92 Å². The predicted octanol–water partition coefficient (Wildman–Crippen LogP) is -2.21. The first-order chi connectivity index (χ1) is 19.1. The molecule has 1 saturated carbocycles. The van der Waals surface area contributed by atoms with Gasteiger partial charge in [-0.1, -0.05) is 6.07 Å². The van der Waals surface area contributed by atoms with Gasteiger partial charge in [0.15, 0.2) is 17.3 Å². The molecular weight excluding hydrogens is 513 g/mol. The second-order valence-electron chi connectivity index (χ2n) is 10.4. The van der Waals surface area contributed by atoms with Crippen LogP contribution in [0.15, 0.2) is 36.5 Å². The Morgan fingerprint density at radius 3 is 2.60 bits per heavy atom. The van der Waals surface area contributed by atoms with Gasteiger partial charge in [-0.25, -0.2) is 0 Å². The maximum atomic E-state index is 13.1. The van der Waals surface area contributed by atoms with Crippen molar-refractivity contribution < 1.29 is 24.2 Å². The van der Waals surface area contributed by atoms with Crippen LogP contribution in [0.5, 0.6) is 5.75 Å². The molecule has 13 nitrogen and oxygen atoms in total. The minimum Gasteiger partial charge on any atom is -0.494 e. The Kier molecular flexibility index (Phi) is 8.78. The van der Waals surface area contributed by atoms with Crippen molar-refractivity contribution in [2.45, 2.75) is 24.6 Å². The molecule has 3 amide bonds. The van der Waals surface area contributed by atoms with E-state index in [-0.39, 0.29) is 23.3 Å². The number of ether oxygens (including phenoxy) is 1. The molecule has 1 aliphatic carbocycles. The number of carbonyl (C=O) groups is 3. The van der Waals surface area contributed by atoms with E-state index in [0.29, 0.717) is 41.5 Å². The fraction of sp³-hybridized carbons (Fsp3) is 0.333. The minimum absolute atomic E-state index is 0.0235. The van der Waals surface area contributed by atoms with Crippen LogP contribution in [0.1, 0.15) is 23.3 Å². The van der Waals surface area contributed by atoms with Gasteiger partial charge in [0.2, 0.25) is 11.8 Å². The van der Waals surface area contributed by atoms with Gasteiger partial charge >= 0.3 is 0 Å². The monoisotopic (exact) mass is 544 g/mol. The topological polar surface area (TPSA) is 172 Å². The van der Waals surface area contributed by atoms with Crippen LogP contribution in [0.2, 0.25) is 0 Å². The second kappa shape index (κ2) is 12.2. The lowest BCUT2D eigenvalue weighted by molar-refractivity contribution is -0.123. The summed E-state index contributed by atoms with van der Waals surface area (Å²) >= 11 is 0. The van der Waals surface area contributed by atoms with Gasteiger partial charge < -0.3 is 31.1 Å². The number of para-hydroxylation sites is 1. The zero-order valence-corrected chi connectivity index (χ0v) is 22.9. The molecule has 1 aromatic carbocycles. The van der Waals surface area contributed by atoms with Crippen LogP contribution in [-0.4, -0.2) is 91.8 Å². The highest BCUT2D eigenvalue weighted by Crippen LogP contribution is 2.38. The number of amides is 3.